The van der Waals surface area contributed by atoms with Crippen LogP contribution in [0.4, 0.5) is 0 Å². The summed E-state index contributed by atoms with van der Waals surface area (Å²) in [4.78, 5) is 0. The first-order valence-electron chi connectivity index (χ1n) is 18.3. The molecule has 2 heteroatoms. The van der Waals surface area contributed by atoms with Crippen LogP contribution in [0.25, 0.3) is 64.6 Å². The van der Waals surface area contributed by atoms with Crippen LogP contribution in [0.2, 0.25) is 0 Å². The highest BCUT2D eigenvalue weighted by Crippen LogP contribution is 2.37. The van der Waals surface area contributed by atoms with Crippen LogP contribution in [-0.4, -0.2) is 13.2 Å². The Morgan fingerprint density at radius 2 is 0.604 bits per heavy atom. The maximum Gasteiger partial charge on any atom is 0.0722 e. The first kappa shape index (κ1) is 31.1. The van der Waals surface area contributed by atoms with Crippen LogP contribution in [-0.2, 0) is 22.7 Å². The zero-order valence-electron chi connectivity index (χ0n) is 28.1. The molecule has 2 nitrogen and oxygen atoms in total. The average molecular weight is 631 g/mol. The second kappa shape index (κ2) is 14.5. The van der Waals surface area contributed by atoms with Crippen LogP contribution in [0.3, 0.4) is 0 Å². The largest absolute Gasteiger partial charge is 0.377 e. The van der Waals surface area contributed by atoms with E-state index in [0.717, 1.165) is 26.1 Å². The predicted molar refractivity (Wildman–Crippen MR) is 206 cm³/mol. The fourth-order valence-electron chi connectivity index (χ4n) is 8.03. The van der Waals surface area contributed by atoms with Crippen LogP contribution in [0.15, 0.2) is 109 Å². The second-order valence-electron chi connectivity index (χ2n) is 13.8. The van der Waals surface area contributed by atoms with Gasteiger partial charge in [0.1, 0.15) is 0 Å². The normalized spacial score (nSPS) is 12.2. The van der Waals surface area contributed by atoms with E-state index in [2.05, 4.69) is 109 Å². The Balaban J connectivity index is 0.679. The number of rotatable bonds is 17. The van der Waals surface area contributed by atoms with Crippen LogP contribution >= 0.6 is 0 Å². The van der Waals surface area contributed by atoms with Crippen molar-refractivity contribution in [1.29, 1.82) is 0 Å². The van der Waals surface area contributed by atoms with Crippen molar-refractivity contribution >= 4 is 64.6 Å². The summed E-state index contributed by atoms with van der Waals surface area (Å²) in [7, 11) is 0. The van der Waals surface area contributed by atoms with Gasteiger partial charge in [-0.3, -0.25) is 0 Å². The summed E-state index contributed by atoms with van der Waals surface area (Å²) in [5.41, 5.74) is 2.60. The number of hydrogen-bond donors (Lipinski definition) is 0. The molecule has 0 saturated heterocycles. The van der Waals surface area contributed by atoms with Gasteiger partial charge in [-0.2, -0.15) is 0 Å². The molecule has 0 aliphatic rings. The fraction of sp³-hybridized carbons (Fsp3) is 0.304. The lowest BCUT2D eigenvalue weighted by atomic mass is 9.92. The molecule has 0 saturated carbocycles. The lowest BCUT2D eigenvalue weighted by molar-refractivity contribution is 0.117. The van der Waals surface area contributed by atoms with Crippen molar-refractivity contribution in [2.75, 3.05) is 13.2 Å². The predicted octanol–water partition coefficient (Wildman–Crippen LogP) is 13.1. The van der Waals surface area contributed by atoms with Crippen molar-refractivity contribution in [3.05, 3.63) is 120 Å². The maximum absolute atomic E-state index is 6.17. The minimum Gasteiger partial charge on any atom is -0.377 e. The van der Waals surface area contributed by atoms with E-state index in [1.807, 2.05) is 0 Å². The van der Waals surface area contributed by atoms with Crippen LogP contribution in [0.5, 0.6) is 0 Å². The van der Waals surface area contributed by atoms with E-state index in [-0.39, 0.29) is 0 Å². The number of hydrogen-bond acceptors (Lipinski definition) is 2. The average Bonchev–Trinajstić information content (AvgIpc) is 3.13. The molecule has 8 aromatic rings. The topological polar surface area (TPSA) is 18.5 Å². The number of benzene rings is 8. The van der Waals surface area contributed by atoms with E-state index in [1.54, 1.807) is 0 Å². The van der Waals surface area contributed by atoms with Gasteiger partial charge < -0.3 is 9.47 Å². The van der Waals surface area contributed by atoms with Crippen molar-refractivity contribution in [3.8, 4) is 0 Å². The molecule has 242 valence electrons. The Bertz CT molecular complexity index is 2070. The maximum atomic E-state index is 6.17. The highest BCUT2D eigenvalue weighted by atomic mass is 16.5. The number of ether oxygens (including phenoxy) is 2. The minimum atomic E-state index is 0.694. The van der Waals surface area contributed by atoms with Crippen LogP contribution < -0.4 is 0 Å². The third kappa shape index (κ3) is 6.32. The molecule has 0 N–H and O–H groups in total. The lowest BCUT2D eigenvalue weighted by Gasteiger charge is -2.14. The van der Waals surface area contributed by atoms with Gasteiger partial charge in [0.05, 0.1) is 13.2 Å². The molecular formula is C46H46O2. The molecule has 0 aromatic heterocycles. The van der Waals surface area contributed by atoms with E-state index in [0.29, 0.717) is 13.2 Å². The molecule has 8 rings (SSSR count). The van der Waals surface area contributed by atoms with E-state index in [9.17, 15) is 0 Å². The molecule has 48 heavy (non-hydrogen) atoms. The van der Waals surface area contributed by atoms with E-state index < -0.39 is 0 Å². The van der Waals surface area contributed by atoms with Gasteiger partial charge in [-0.05, 0) is 88.6 Å². The summed E-state index contributed by atoms with van der Waals surface area (Å²) >= 11 is 0. The molecule has 0 unspecified atom stereocenters. The Labute approximate surface area is 284 Å². The van der Waals surface area contributed by atoms with Crippen molar-refractivity contribution in [2.24, 2.45) is 0 Å². The molecule has 0 heterocycles. The summed E-state index contributed by atoms with van der Waals surface area (Å²) in [5.74, 6) is 0. The van der Waals surface area contributed by atoms with E-state index >= 15 is 0 Å². The van der Waals surface area contributed by atoms with Gasteiger partial charge in [0.25, 0.3) is 0 Å². The Hall–Kier alpha value is -4.24. The molecule has 0 radical (unpaired) electrons. The summed E-state index contributed by atoms with van der Waals surface area (Å²) in [6.45, 7) is 3.08. The molecule has 0 atom stereocenters. The SMILES string of the molecule is c1cc2ccc3ccc(COCCCCCCCCCCCCOCc4ccc5ccc6cccc7ccc4c5c67)c4ccc(c1)c2c34. The monoisotopic (exact) mass is 630 g/mol. The molecule has 0 aliphatic heterocycles. The van der Waals surface area contributed by atoms with E-state index in [4.69, 9.17) is 9.47 Å². The van der Waals surface area contributed by atoms with Gasteiger partial charge in [0, 0.05) is 13.2 Å². The van der Waals surface area contributed by atoms with Gasteiger partial charge >= 0.3 is 0 Å². The zero-order valence-corrected chi connectivity index (χ0v) is 28.1. The lowest BCUT2D eigenvalue weighted by Crippen LogP contribution is -1.97. The standard InChI is InChI=1S/C46H46O2/c1(3-5-7-9-29-47-31-39-23-21-37-19-17-33-13-11-15-35-25-27-41(39)45(37)43(33)35)2-4-6-8-10-30-48-32-40-24-22-38-20-18-34-14-12-16-36-26-28-42(40)46(38)44(34)36/h11-28H,1-10,29-32H2. The van der Waals surface area contributed by atoms with Crippen molar-refractivity contribution in [3.63, 3.8) is 0 Å². The minimum absolute atomic E-state index is 0.694. The third-order valence-corrected chi connectivity index (χ3v) is 10.6. The van der Waals surface area contributed by atoms with Crippen molar-refractivity contribution in [1.82, 2.24) is 0 Å². The van der Waals surface area contributed by atoms with Gasteiger partial charge in [-0.1, -0.05) is 161 Å². The molecule has 0 spiro atoms. The fourth-order valence-corrected chi connectivity index (χ4v) is 8.03. The zero-order chi connectivity index (χ0) is 32.1. The summed E-state index contributed by atoms with van der Waals surface area (Å²) in [5, 5.41) is 16.1. The summed E-state index contributed by atoms with van der Waals surface area (Å²) in [6, 6.07) is 40.3. The third-order valence-electron chi connectivity index (χ3n) is 10.6. The molecule has 0 aliphatic carbocycles. The van der Waals surface area contributed by atoms with Crippen molar-refractivity contribution < 1.29 is 9.47 Å². The van der Waals surface area contributed by atoms with Crippen molar-refractivity contribution in [2.45, 2.75) is 77.4 Å². The van der Waals surface area contributed by atoms with Gasteiger partial charge in [0.15, 0.2) is 0 Å². The molecule has 8 aromatic carbocycles. The molecular weight excluding hydrogens is 585 g/mol. The van der Waals surface area contributed by atoms with Gasteiger partial charge in [-0.25, -0.2) is 0 Å². The summed E-state index contributed by atoms with van der Waals surface area (Å²) < 4.78 is 12.3. The number of unbranched alkanes of at least 4 members (excludes halogenated alkanes) is 9. The van der Waals surface area contributed by atoms with Gasteiger partial charge in [0.2, 0.25) is 0 Å². The molecule has 0 bridgehead atoms. The smallest absolute Gasteiger partial charge is 0.0722 e. The first-order valence-corrected chi connectivity index (χ1v) is 18.3. The second-order valence-corrected chi connectivity index (χ2v) is 13.8. The summed E-state index contributed by atoms with van der Waals surface area (Å²) in [6.07, 6.45) is 12.9. The first-order chi connectivity index (χ1) is 23.8. The van der Waals surface area contributed by atoms with E-state index in [1.165, 1.54) is 127 Å². The Morgan fingerprint density at radius 3 is 1.00 bits per heavy atom. The Morgan fingerprint density at radius 1 is 0.292 bits per heavy atom. The van der Waals surface area contributed by atoms with Gasteiger partial charge in [-0.15, -0.1) is 0 Å². The van der Waals surface area contributed by atoms with Crippen LogP contribution in [0.1, 0.15) is 75.3 Å². The molecule has 0 fully saturated rings. The Kier molecular flexibility index (Phi) is 9.37. The quantitative estimate of drug-likeness (QED) is 0.0736. The molecule has 0 amide bonds. The highest BCUT2D eigenvalue weighted by molar-refractivity contribution is 6.24. The highest BCUT2D eigenvalue weighted by Gasteiger charge is 2.12. The van der Waals surface area contributed by atoms with Crippen LogP contribution in [0, 0.1) is 0 Å².